The van der Waals surface area contributed by atoms with Crippen molar-refractivity contribution in [1.29, 1.82) is 0 Å². The van der Waals surface area contributed by atoms with Gasteiger partial charge < -0.3 is 9.88 Å². The predicted octanol–water partition coefficient (Wildman–Crippen LogP) is 5.16. The Balaban J connectivity index is 1.77. The van der Waals surface area contributed by atoms with E-state index in [-0.39, 0.29) is 11.9 Å². The number of carbonyl (C=O) groups is 1. The third-order valence-electron chi connectivity index (χ3n) is 4.66. The molecule has 0 spiro atoms. The molecule has 1 unspecified atom stereocenters. The Labute approximate surface area is 165 Å². The Hall–Kier alpha value is -2.33. The van der Waals surface area contributed by atoms with E-state index >= 15 is 0 Å². The van der Waals surface area contributed by atoms with Crippen molar-refractivity contribution in [2.45, 2.75) is 46.2 Å². The summed E-state index contributed by atoms with van der Waals surface area (Å²) in [5.41, 5.74) is 3.03. The molecular weight excluding hydrogens is 358 g/mol. The maximum Gasteiger partial charge on any atom is 0.224 e. The molecule has 4 nitrogen and oxygen atoms in total. The van der Waals surface area contributed by atoms with E-state index in [0.29, 0.717) is 17.4 Å². The highest BCUT2D eigenvalue weighted by molar-refractivity contribution is 6.30. The Morgan fingerprint density at radius 2 is 1.81 bits per heavy atom. The lowest BCUT2D eigenvalue weighted by molar-refractivity contribution is -0.121. The van der Waals surface area contributed by atoms with Gasteiger partial charge in [-0.15, -0.1) is 0 Å². The summed E-state index contributed by atoms with van der Waals surface area (Å²) in [5, 5.41) is 3.77. The van der Waals surface area contributed by atoms with E-state index in [9.17, 15) is 4.79 Å². The maximum atomic E-state index is 12.5. The molecule has 1 heterocycles. The molecule has 5 heteroatoms. The molecule has 0 radical (unpaired) electrons. The number of fused-ring (bicyclic) bond motifs is 1. The van der Waals surface area contributed by atoms with Gasteiger partial charge in [0.25, 0.3) is 0 Å². The van der Waals surface area contributed by atoms with Crippen LogP contribution in [0.2, 0.25) is 5.02 Å². The third kappa shape index (κ3) is 4.89. The van der Waals surface area contributed by atoms with Gasteiger partial charge in [-0.2, -0.15) is 0 Å². The summed E-state index contributed by atoms with van der Waals surface area (Å²) in [6, 6.07) is 15.3. The average molecular weight is 384 g/mol. The van der Waals surface area contributed by atoms with Crippen molar-refractivity contribution in [3.63, 3.8) is 0 Å². The van der Waals surface area contributed by atoms with Crippen LogP contribution in [0, 0.1) is 5.92 Å². The number of aryl methyl sites for hydroxylation is 1. The van der Waals surface area contributed by atoms with Crippen molar-refractivity contribution in [3.05, 3.63) is 64.9 Å². The van der Waals surface area contributed by atoms with E-state index in [1.54, 1.807) is 12.1 Å². The first-order valence-corrected chi connectivity index (χ1v) is 9.81. The molecular formula is C22H26ClN3O. The number of aromatic nitrogens is 2. The number of nitrogens with one attached hydrogen (secondary N) is 1. The Bertz CT molecular complexity index is 915. The summed E-state index contributed by atoms with van der Waals surface area (Å²) in [6.07, 6.45) is 1.40. The van der Waals surface area contributed by atoms with E-state index in [1.807, 2.05) is 37.3 Å². The number of amides is 1. The highest BCUT2D eigenvalue weighted by Gasteiger charge is 2.18. The van der Waals surface area contributed by atoms with Crippen molar-refractivity contribution in [2.75, 3.05) is 0 Å². The van der Waals surface area contributed by atoms with Gasteiger partial charge in [-0.05, 0) is 49.1 Å². The third-order valence-corrected chi connectivity index (χ3v) is 4.91. The topological polar surface area (TPSA) is 46.9 Å². The number of rotatable bonds is 7. The van der Waals surface area contributed by atoms with Crippen molar-refractivity contribution < 1.29 is 4.79 Å². The van der Waals surface area contributed by atoms with E-state index in [0.717, 1.165) is 35.4 Å². The SMILES string of the molecule is CC(C)CCn1c(C(C)NC(=O)Cc2ccc(Cl)cc2)nc2ccccc21. The molecule has 27 heavy (non-hydrogen) atoms. The number of para-hydroxylation sites is 2. The minimum Gasteiger partial charge on any atom is -0.346 e. The van der Waals surface area contributed by atoms with Crippen LogP contribution in [0.15, 0.2) is 48.5 Å². The van der Waals surface area contributed by atoms with Crippen LogP contribution in [-0.4, -0.2) is 15.5 Å². The highest BCUT2D eigenvalue weighted by Crippen LogP contribution is 2.22. The molecule has 3 aromatic rings. The minimum absolute atomic E-state index is 0.0210. The first kappa shape index (κ1) is 19.4. The van der Waals surface area contributed by atoms with Gasteiger partial charge in [-0.25, -0.2) is 4.98 Å². The van der Waals surface area contributed by atoms with Crippen LogP contribution in [0.1, 0.15) is 44.6 Å². The number of carbonyl (C=O) groups excluding carboxylic acids is 1. The van der Waals surface area contributed by atoms with E-state index < -0.39 is 0 Å². The molecule has 0 aliphatic heterocycles. The zero-order valence-electron chi connectivity index (χ0n) is 16.1. The Morgan fingerprint density at radius 1 is 1.11 bits per heavy atom. The molecule has 1 amide bonds. The Morgan fingerprint density at radius 3 is 2.52 bits per heavy atom. The van der Waals surface area contributed by atoms with Gasteiger partial charge in [0.2, 0.25) is 5.91 Å². The van der Waals surface area contributed by atoms with Crippen molar-refractivity contribution in [3.8, 4) is 0 Å². The van der Waals surface area contributed by atoms with Crippen LogP contribution >= 0.6 is 11.6 Å². The van der Waals surface area contributed by atoms with Gasteiger partial charge in [0.15, 0.2) is 0 Å². The number of nitrogens with zero attached hydrogens (tertiary/aromatic N) is 2. The molecule has 1 atom stereocenters. The van der Waals surface area contributed by atoms with Crippen molar-refractivity contribution in [2.24, 2.45) is 5.92 Å². The lowest BCUT2D eigenvalue weighted by atomic mass is 10.1. The molecule has 0 aliphatic rings. The number of halogens is 1. The van der Waals surface area contributed by atoms with Gasteiger partial charge in [0.05, 0.1) is 23.5 Å². The molecule has 0 bridgehead atoms. The first-order valence-electron chi connectivity index (χ1n) is 9.43. The normalized spacial score (nSPS) is 12.5. The molecule has 1 aromatic heterocycles. The van der Waals surface area contributed by atoms with E-state index in [4.69, 9.17) is 16.6 Å². The smallest absolute Gasteiger partial charge is 0.224 e. The molecule has 1 N–H and O–H groups in total. The number of hydrogen-bond donors (Lipinski definition) is 1. The average Bonchev–Trinajstić information content (AvgIpc) is 3.00. The summed E-state index contributed by atoms with van der Waals surface area (Å²) < 4.78 is 2.24. The number of hydrogen-bond acceptors (Lipinski definition) is 2. The minimum atomic E-state index is -0.163. The van der Waals surface area contributed by atoms with E-state index in [2.05, 4.69) is 29.8 Å². The quantitative estimate of drug-likeness (QED) is 0.612. The Kier molecular flexibility index (Phi) is 6.17. The van der Waals surface area contributed by atoms with Gasteiger partial charge in [-0.3, -0.25) is 4.79 Å². The van der Waals surface area contributed by atoms with Gasteiger partial charge in [0.1, 0.15) is 5.82 Å². The molecule has 3 rings (SSSR count). The summed E-state index contributed by atoms with van der Waals surface area (Å²) in [4.78, 5) is 17.3. The molecule has 0 saturated carbocycles. The summed E-state index contributed by atoms with van der Waals surface area (Å²) in [6.45, 7) is 7.32. The fourth-order valence-electron chi connectivity index (χ4n) is 3.19. The molecule has 0 saturated heterocycles. The monoisotopic (exact) mass is 383 g/mol. The highest BCUT2D eigenvalue weighted by atomic mass is 35.5. The second kappa shape index (κ2) is 8.57. The first-order chi connectivity index (χ1) is 12.9. The standard InChI is InChI=1S/C22H26ClN3O/c1-15(2)12-13-26-20-7-5-4-6-19(20)25-22(26)16(3)24-21(27)14-17-8-10-18(23)11-9-17/h4-11,15-16H,12-14H2,1-3H3,(H,24,27). The lowest BCUT2D eigenvalue weighted by Crippen LogP contribution is -2.30. The van der Waals surface area contributed by atoms with Crippen LogP contribution in [0.5, 0.6) is 0 Å². The zero-order chi connectivity index (χ0) is 19.4. The largest absolute Gasteiger partial charge is 0.346 e. The molecule has 2 aromatic carbocycles. The number of imidazole rings is 1. The van der Waals surface area contributed by atoms with Crippen molar-refractivity contribution >= 4 is 28.5 Å². The maximum absolute atomic E-state index is 12.5. The van der Waals surface area contributed by atoms with Crippen LogP contribution in [-0.2, 0) is 17.8 Å². The molecule has 0 aliphatic carbocycles. The number of benzene rings is 2. The second-order valence-corrected chi connectivity index (χ2v) is 7.82. The second-order valence-electron chi connectivity index (χ2n) is 7.39. The predicted molar refractivity (Wildman–Crippen MR) is 111 cm³/mol. The van der Waals surface area contributed by atoms with Crippen LogP contribution < -0.4 is 5.32 Å². The zero-order valence-corrected chi connectivity index (χ0v) is 16.8. The fraction of sp³-hybridized carbons (Fsp3) is 0.364. The lowest BCUT2D eigenvalue weighted by Gasteiger charge is -2.17. The molecule has 142 valence electrons. The van der Waals surface area contributed by atoms with Crippen LogP contribution in [0.25, 0.3) is 11.0 Å². The van der Waals surface area contributed by atoms with E-state index in [1.165, 1.54) is 0 Å². The van der Waals surface area contributed by atoms with Gasteiger partial charge in [0, 0.05) is 11.6 Å². The molecule has 0 fully saturated rings. The van der Waals surface area contributed by atoms with Crippen LogP contribution in [0.4, 0.5) is 0 Å². The van der Waals surface area contributed by atoms with Gasteiger partial charge in [-0.1, -0.05) is 49.7 Å². The summed E-state index contributed by atoms with van der Waals surface area (Å²) >= 11 is 5.91. The fourth-order valence-corrected chi connectivity index (χ4v) is 3.32. The summed E-state index contributed by atoms with van der Waals surface area (Å²) in [7, 11) is 0. The van der Waals surface area contributed by atoms with Gasteiger partial charge >= 0.3 is 0 Å². The summed E-state index contributed by atoms with van der Waals surface area (Å²) in [5.74, 6) is 1.49. The van der Waals surface area contributed by atoms with Crippen LogP contribution in [0.3, 0.4) is 0 Å². The van der Waals surface area contributed by atoms with Crippen molar-refractivity contribution in [1.82, 2.24) is 14.9 Å².